The Hall–Kier alpha value is -1.91. The molecule has 0 radical (unpaired) electrons. The topological polar surface area (TPSA) is 99.2 Å². The SMILES string of the molecule is CCOC(=O)/C=C/C1C[C@@H](OS(=O)(=O)c2ccc(Br)cc2)CN1C(=O)OC(C)(C)C. The second-order valence-electron chi connectivity index (χ2n) is 7.67. The molecule has 8 nitrogen and oxygen atoms in total. The highest BCUT2D eigenvalue weighted by molar-refractivity contribution is 9.10. The van der Waals surface area contributed by atoms with Gasteiger partial charge in [-0.1, -0.05) is 22.0 Å². The van der Waals surface area contributed by atoms with Crippen LogP contribution < -0.4 is 0 Å². The zero-order chi connectivity index (χ0) is 22.5. The van der Waals surface area contributed by atoms with Crippen molar-refractivity contribution >= 4 is 38.1 Å². The largest absolute Gasteiger partial charge is 0.463 e. The van der Waals surface area contributed by atoms with Crippen molar-refractivity contribution in [3.8, 4) is 0 Å². The first-order chi connectivity index (χ1) is 13.9. The van der Waals surface area contributed by atoms with Gasteiger partial charge in [0.25, 0.3) is 10.1 Å². The number of halogens is 1. The Kier molecular flexibility index (Phi) is 8.06. The van der Waals surface area contributed by atoms with E-state index in [2.05, 4.69) is 15.9 Å². The molecule has 10 heteroatoms. The summed E-state index contributed by atoms with van der Waals surface area (Å²) in [5, 5.41) is 0. The van der Waals surface area contributed by atoms with Crippen LogP contribution in [0.25, 0.3) is 0 Å². The average molecular weight is 504 g/mol. The van der Waals surface area contributed by atoms with Gasteiger partial charge in [0.15, 0.2) is 0 Å². The first-order valence-corrected chi connectivity index (χ1v) is 11.6. The van der Waals surface area contributed by atoms with Crippen LogP contribution in [-0.4, -0.2) is 56.3 Å². The molecule has 0 spiro atoms. The lowest BCUT2D eigenvalue weighted by molar-refractivity contribution is -0.137. The number of rotatable bonds is 6. The molecule has 0 saturated carbocycles. The summed E-state index contributed by atoms with van der Waals surface area (Å²) in [6.45, 7) is 7.11. The second kappa shape index (κ2) is 9.93. The minimum atomic E-state index is -4.02. The van der Waals surface area contributed by atoms with Crippen molar-refractivity contribution in [3.63, 3.8) is 0 Å². The number of amides is 1. The molecular formula is C20H26BrNO7S. The van der Waals surface area contributed by atoms with Crippen LogP contribution >= 0.6 is 15.9 Å². The van der Waals surface area contributed by atoms with E-state index in [1.165, 1.54) is 29.2 Å². The van der Waals surface area contributed by atoms with Gasteiger partial charge in [-0.15, -0.1) is 0 Å². The summed E-state index contributed by atoms with van der Waals surface area (Å²) in [6, 6.07) is 5.48. The number of hydrogen-bond acceptors (Lipinski definition) is 7. The Morgan fingerprint density at radius 3 is 2.43 bits per heavy atom. The maximum Gasteiger partial charge on any atom is 0.410 e. The molecule has 1 unspecified atom stereocenters. The van der Waals surface area contributed by atoms with E-state index >= 15 is 0 Å². The molecular weight excluding hydrogens is 478 g/mol. The van der Waals surface area contributed by atoms with Gasteiger partial charge in [-0.05, 0) is 52.0 Å². The number of nitrogens with zero attached hydrogens (tertiary/aromatic N) is 1. The highest BCUT2D eigenvalue weighted by Crippen LogP contribution is 2.27. The predicted molar refractivity (Wildman–Crippen MR) is 113 cm³/mol. The van der Waals surface area contributed by atoms with Crippen LogP contribution in [0, 0.1) is 0 Å². The van der Waals surface area contributed by atoms with E-state index in [1.54, 1.807) is 39.8 Å². The fourth-order valence-electron chi connectivity index (χ4n) is 2.82. The maximum atomic E-state index is 12.6. The molecule has 1 heterocycles. The van der Waals surface area contributed by atoms with Gasteiger partial charge in [0.2, 0.25) is 0 Å². The average Bonchev–Trinajstić information content (AvgIpc) is 3.01. The van der Waals surface area contributed by atoms with Gasteiger partial charge in [-0.3, -0.25) is 9.08 Å². The van der Waals surface area contributed by atoms with E-state index in [0.717, 1.165) is 4.47 Å². The van der Waals surface area contributed by atoms with Crippen LogP contribution in [-0.2, 0) is 28.6 Å². The summed E-state index contributed by atoms with van der Waals surface area (Å²) in [5.74, 6) is -0.548. The van der Waals surface area contributed by atoms with Crippen LogP contribution in [0.2, 0.25) is 0 Å². The molecule has 1 aromatic carbocycles. The Labute approximate surface area is 185 Å². The summed E-state index contributed by atoms with van der Waals surface area (Å²) in [5.41, 5.74) is -0.727. The molecule has 1 aliphatic rings. The molecule has 1 saturated heterocycles. The van der Waals surface area contributed by atoms with Gasteiger partial charge >= 0.3 is 12.1 Å². The highest BCUT2D eigenvalue weighted by atomic mass is 79.9. The third-order valence-electron chi connectivity index (χ3n) is 4.04. The molecule has 1 fully saturated rings. The van der Waals surface area contributed by atoms with Crippen molar-refractivity contribution in [3.05, 3.63) is 40.9 Å². The van der Waals surface area contributed by atoms with Gasteiger partial charge < -0.3 is 9.47 Å². The number of ether oxygens (including phenoxy) is 2. The summed E-state index contributed by atoms with van der Waals surface area (Å²) >= 11 is 3.26. The zero-order valence-electron chi connectivity index (χ0n) is 17.3. The summed E-state index contributed by atoms with van der Waals surface area (Å²) in [7, 11) is -4.02. The van der Waals surface area contributed by atoms with Crippen molar-refractivity contribution < 1.29 is 31.7 Å². The second-order valence-corrected chi connectivity index (χ2v) is 10.2. The normalized spacial score (nSPS) is 19.8. The van der Waals surface area contributed by atoms with Crippen LogP contribution in [0.3, 0.4) is 0 Å². The fourth-order valence-corrected chi connectivity index (χ4v) is 4.17. The lowest BCUT2D eigenvalue weighted by Crippen LogP contribution is -2.39. The van der Waals surface area contributed by atoms with Crippen molar-refractivity contribution in [2.75, 3.05) is 13.2 Å². The van der Waals surface area contributed by atoms with E-state index in [1.807, 2.05) is 0 Å². The van der Waals surface area contributed by atoms with Gasteiger partial charge in [-0.25, -0.2) is 9.59 Å². The van der Waals surface area contributed by atoms with E-state index in [9.17, 15) is 18.0 Å². The smallest absolute Gasteiger partial charge is 0.410 e. The Bertz CT molecular complexity index is 891. The standard InChI is InChI=1S/C20H26BrNO7S/c1-5-27-18(23)11-8-15-12-16(13-22(15)19(24)28-20(2,3)4)29-30(25,26)17-9-6-14(21)7-10-17/h6-11,15-16H,5,12-13H2,1-4H3/b11-8+/t15?,16-/m1/s1. The molecule has 0 aromatic heterocycles. The van der Waals surface area contributed by atoms with Crippen molar-refractivity contribution in [2.24, 2.45) is 0 Å². The summed E-state index contributed by atoms with van der Waals surface area (Å²) < 4.78 is 41.6. The van der Waals surface area contributed by atoms with Gasteiger partial charge in [-0.2, -0.15) is 8.42 Å². The molecule has 1 aromatic rings. The third-order valence-corrected chi connectivity index (χ3v) is 5.94. The Morgan fingerprint density at radius 1 is 1.23 bits per heavy atom. The molecule has 0 N–H and O–H groups in total. The predicted octanol–water partition coefficient (Wildman–Crippen LogP) is 3.65. The number of benzene rings is 1. The van der Waals surface area contributed by atoms with Crippen molar-refractivity contribution in [2.45, 2.75) is 56.8 Å². The number of carbonyl (C=O) groups excluding carboxylic acids is 2. The van der Waals surface area contributed by atoms with Crippen LogP contribution in [0.15, 0.2) is 45.8 Å². The number of esters is 1. The van der Waals surface area contributed by atoms with Crippen LogP contribution in [0.4, 0.5) is 4.79 Å². The van der Waals surface area contributed by atoms with Crippen LogP contribution in [0.5, 0.6) is 0 Å². The van der Waals surface area contributed by atoms with E-state index in [4.69, 9.17) is 13.7 Å². The Balaban J connectivity index is 2.18. The lowest BCUT2D eigenvalue weighted by Gasteiger charge is -2.27. The minimum absolute atomic E-state index is 0.00248. The molecule has 2 atom stereocenters. The van der Waals surface area contributed by atoms with E-state index < -0.39 is 39.9 Å². The van der Waals surface area contributed by atoms with Crippen molar-refractivity contribution in [1.29, 1.82) is 0 Å². The van der Waals surface area contributed by atoms with Gasteiger partial charge in [0, 0.05) is 17.0 Å². The fraction of sp³-hybridized carbons (Fsp3) is 0.500. The van der Waals surface area contributed by atoms with Crippen molar-refractivity contribution in [1.82, 2.24) is 4.90 Å². The molecule has 166 valence electrons. The van der Waals surface area contributed by atoms with Crippen LogP contribution in [0.1, 0.15) is 34.1 Å². The monoisotopic (exact) mass is 503 g/mol. The first-order valence-electron chi connectivity index (χ1n) is 9.44. The molecule has 2 rings (SSSR count). The molecule has 1 amide bonds. The summed E-state index contributed by atoms with van der Waals surface area (Å²) in [6.07, 6.45) is 1.50. The summed E-state index contributed by atoms with van der Waals surface area (Å²) in [4.78, 5) is 25.6. The van der Waals surface area contributed by atoms with E-state index in [0.29, 0.717) is 0 Å². The zero-order valence-corrected chi connectivity index (χ0v) is 19.7. The van der Waals surface area contributed by atoms with Gasteiger partial charge in [0.1, 0.15) is 5.60 Å². The molecule has 1 aliphatic heterocycles. The molecule has 30 heavy (non-hydrogen) atoms. The maximum absolute atomic E-state index is 12.6. The minimum Gasteiger partial charge on any atom is -0.463 e. The highest BCUT2D eigenvalue weighted by Gasteiger charge is 2.39. The van der Waals surface area contributed by atoms with Gasteiger partial charge in [0.05, 0.1) is 30.2 Å². The number of hydrogen-bond donors (Lipinski definition) is 0. The third kappa shape index (κ3) is 7.10. The molecule has 0 bridgehead atoms. The number of likely N-dealkylation sites (tertiary alicyclic amines) is 1. The molecule has 0 aliphatic carbocycles. The number of carbonyl (C=O) groups is 2. The lowest BCUT2D eigenvalue weighted by atomic mass is 10.2. The first kappa shape index (κ1) is 24.4. The Morgan fingerprint density at radius 2 is 1.87 bits per heavy atom. The quantitative estimate of drug-likeness (QED) is 0.331. The van der Waals surface area contributed by atoms with E-state index in [-0.39, 0.29) is 24.5 Å².